The lowest BCUT2D eigenvalue weighted by Crippen LogP contribution is -2.32. The van der Waals surface area contributed by atoms with E-state index in [1.165, 1.54) is 13.2 Å². The van der Waals surface area contributed by atoms with E-state index < -0.39 is 6.10 Å². The first-order valence-electron chi connectivity index (χ1n) is 6.59. The summed E-state index contributed by atoms with van der Waals surface area (Å²) in [6, 6.07) is 9.76. The molecule has 0 aromatic heterocycles. The first-order valence-corrected chi connectivity index (χ1v) is 6.59. The lowest BCUT2D eigenvalue weighted by molar-refractivity contribution is 0.0457. The maximum atomic E-state index is 14.0. The van der Waals surface area contributed by atoms with Gasteiger partial charge in [0.25, 0.3) is 0 Å². The Morgan fingerprint density at radius 2 is 2.10 bits per heavy atom. The van der Waals surface area contributed by atoms with Crippen LogP contribution in [0, 0.1) is 5.82 Å². The van der Waals surface area contributed by atoms with Gasteiger partial charge in [0.2, 0.25) is 0 Å². The summed E-state index contributed by atoms with van der Waals surface area (Å²) >= 11 is 0. The second-order valence-electron chi connectivity index (χ2n) is 4.74. The van der Waals surface area contributed by atoms with Crippen LogP contribution in [0.15, 0.2) is 36.4 Å². The van der Waals surface area contributed by atoms with E-state index in [0.717, 1.165) is 0 Å². The van der Waals surface area contributed by atoms with Crippen LogP contribution >= 0.6 is 0 Å². The van der Waals surface area contributed by atoms with Crippen molar-refractivity contribution in [1.82, 2.24) is 0 Å². The predicted molar refractivity (Wildman–Crippen MR) is 75.4 cm³/mol. The van der Waals surface area contributed by atoms with Gasteiger partial charge in [-0.2, -0.15) is 0 Å². The van der Waals surface area contributed by atoms with E-state index in [-0.39, 0.29) is 12.4 Å². The molecular weight excluding hydrogens is 275 g/mol. The molecule has 0 amide bonds. The van der Waals surface area contributed by atoms with Crippen molar-refractivity contribution >= 4 is 0 Å². The average Bonchev–Trinajstić information content (AvgIpc) is 2.54. The van der Waals surface area contributed by atoms with E-state index in [9.17, 15) is 4.39 Å². The van der Waals surface area contributed by atoms with Gasteiger partial charge in [0.1, 0.15) is 18.2 Å². The van der Waals surface area contributed by atoms with Crippen LogP contribution in [0.25, 0.3) is 11.1 Å². The topological polar surface area (TPSA) is 47.9 Å². The van der Waals surface area contributed by atoms with Gasteiger partial charge < -0.3 is 19.3 Å². The molecule has 0 unspecified atom stereocenters. The fourth-order valence-corrected chi connectivity index (χ4v) is 2.23. The van der Waals surface area contributed by atoms with Crippen molar-refractivity contribution in [2.75, 3.05) is 20.3 Å². The Bertz CT molecular complexity index is 657. The molecular formula is C16H15FO4. The zero-order valence-electron chi connectivity index (χ0n) is 11.5. The molecule has 0 saturated heterocycles. The van der Waals surface area contributed by atoms with Crippen LogP contribution in [0.2, 0.25) is 0 Å². The first-order chi connectivity index (χ1) is 10.2. The van der Waals surface area contributed by atoms with E-state index >= 15 is 0 Å². The van der Waals surface area contributed by atoms with Gasteiger partial charge in [-0.1, -0.05) is 6.07 Å². The summed E-state index contributed by atoms with van der Waals surface area (Å²) in [5, 5.41) is 9.13. The van der Waals surface area contributed by atoms with Crippen LogP contribution in [0.1, 0.15) is 0 Å². The number of halogens is 1. The molecule has 1 N–H and O–H groups in total. The van der Waals surface area contributed by atoms with Crippen molar-refractivity contribution in [3.63, 3.8) is 0 Å². The van der Waals surface area contributed by atoms with E-state index in [2.05, 4.69) is 0 Å². The standard InChI is InChI=1S/C16H15FO4/c1-19-11-3-4-14(17)13(7-11)10-2-5-15-16(6-10)21-12(8-18)9-20-15/h2-7,12,18H,8-9H2,1H3/t12-/m0/s1. The summed E-state index contributed by atoms with van der Waals surface area (Å²) in [4.78, 5) is 0. The fraction of sp³-hybridized carbons (Fsp3) is 0.250. The maximum absolute atomic E-state index is 14.0. The van der Waals surface area contributed by atoms with Crippen LogP contribution in [0.3, 0.4) is 0 Å². The molecule has 2 aromatic carbocycles. The number of aliphatic hydroxyl groups is 1. The van der Waals surface area contributed by atoms with Crippen molar-refractivity contribution in [3.05, 3.63) is 42.2 Å². The Morgan fingerprint density at radius 3 is 2.86 bits per heavy atom. The Balaban J connectivity index is 2.00. The van der Waals surface area contributed by atoms with Gasteiger partial charge in [0, 0.05) is 5.56 Å². The highest BCUT2D eigenvalue weighted by Gasteiger charge is 2.21. The van der Waals surface area contributed by atoms with Crippen LogP contribution in [0.5, 0.6) is 17.2 Å². The van der Waals surface area contributed by atoms with Gasteiger partial charge in [-0.05, 0) is 35.9 Å². The second-order valence-corrected chi connectivity index (χ2v) is 4.74. The van der Waals surface area contributed by atoms with Crippen LogP contribution in [0.4, 0.5) is 4.39 Å². The molecule has 1 atom stereocenters. The molecule has 0 aliphatic carbocycles. The molecule has 4 nitrogen and oxygen atoms in total. The highest BCUT2D eigenvalue weighted by atomic mass is 19.1. The molecule has 0 radical (unpaired) electrons. The number of aliphatic hydroxyl groups excluding tert-OH is 1. The van der Waals surface area contributed by atoms with E-state index in [0.29, 0.717) is 35.0 Å². The molecule has 0 fully saturated rings. The maximum Gasteiger partial charge on any atom is 0.162 e. The normalized spacial score (nSPS) is 16.6. The largest absolute Gasteiger partial charge is 0.497 e. The van der Waals surface area contributed by atoms with Gasteiger partial charge in [-0.15, -0.1) is 0 Å². The molecule has 110 valence electrons. The minimum atomic E-state index is -0.400. The monoisotopic (exact) mass is 290 g/mol. The molecule has 0 spiro atoms. The van der Waals surface area contributed by atoms with Crippen molar-refractivity contribution in [2.24, 2.45) is 0 Å². The summed E-state index contributed by atoms with van der Waals surface area (Å²) in [6.45, 7) is 0.174. The summed E-state index contributed by atoms with van der Waals surface area (Å²) in [6.07, 6.45) is -0.400. The molecule has 1 aliphatic rings. The number of benzene rings is 2. The lowest BCUT2D eigenvalue weighted by Gasteiger charge is -2.25. The highest BCUT2D eigenvalue weighted by molar-refractivity contribution is 5.69. The van der Waals surface area contributed by atoms with Gasteiger partial charge in [0.05, 0.1) is 13.7 Å². The number of hydrogen-bond donors (Lipinski definition) is 1. The number of fused-ring (bicyclic) bond motifs is 1. The zero-order valence-corrected chi connectivity index (χ0v) is 11.5. The molecule has 21 heavy (non-hydrogen) atoms. The van der Waals surface area contributed by atoms with Crippen molar-refractivity contribution in [1.29, 1.82) is 0 Å². The summed E-state index contributed by atoms with van der Waals surface area (Å²) < 4.78 is 30.2. The third-order valence-electron chi connectivity index (χ3n) is 3.35. The fourth-order valence-electron chi connectivity index (χ4n) is 2.23. The van der Waals surface area contributed by atoms with Gasteiger partial charge in [0.15, 0.2) is 17.6 Å². The molecule has 5 heteroatoms. The summed E-state index contributed by atoms with van der Waals surface area (Å²) in [5.74, 6) is 1.33. The van der Waals surface area contributed by atoms with Crippen LogP contribution in [-0.2, 0) is 0 Å². The lowest BCUT2D eigenvalue weighted by atomic mass is 10.0. The van der Waals surface area contributed by atoms with E-state index in [4.69, 9.17) is 19.3 Å². The first kappa shape index (κ1) is 13.7. The minimum Gasteiger partial charge on any atom is -0.497 e. The Morgan fingerprint density at radius 1 is 1.24 bits per heavy atom. The summed E-state index contributed by atoms with van der Waals surface area (Å²) in [7, 11) is 1.53. The van der Waals surface area contributed by atoms with Crippen LogP contribution in [-0.4, -0.2) is 31.5 Å². The average molecular weight is 290 g/mol. The van der Waals surface area contributed by atoms with Gasteiger partial charge in [-0.25, -0.2) is 4.39 Å². The van der Waals surface area contributed by atoms with E-state index in [1.54, 1.807) is 30.3 Å². The Kier molecular flexibility index (Phi) is 3.66. The molecule has 1 heterocycles. The van der Waals surface area contributed by atoms with Gasteiger partial charge >= 0.3 is 0 Å². The van der Waals surface area contributed by atoms with Crippen molar-refractivity contribution < 1.29 is 23.7 Å². The van der Waals surface area contributed by atoms with Crippen molar-refractivity contribution in [2.45, 2.75) is 6.10 Å². The minimum absolute atomic E-state index is 0.128. The second kappa shape index (κ2) is 5.61. The van der Waals surface area contributed by atoms with Gasteiger partial charge in [-0.3, -0.25) is 0 Å². The molecule has 0 saturated carbocycles. The predicted octanol–water partition coefficient (Wildman–Crippen LogP) is 2.63. The summed E-state index contributed by atoms with van der Waals surface area (Å²) in [5.41, 5.74) is 1.08. The number of rotatable bonds is 3. The highest BCUT2D eigenvalue weighted by Crippen LogP contribution is 2.37. The Hall–Kier alpha value is -2.27. The zero-order chi connectivity index (χ0) is 14.8. The Labute approximate surface area is 121 Å². The third kappa shape index (κ3) is 2.64. The smallest absolute Gasteiger partial charge is 0.162 e. The number of hydrogen-bond acceptors (Lipinski definition) is 4. The SMILES string of the molecule is COc1ccc(F)c(-c2ccc3c(c2)O[C@@H](CO)CO3)c1. The molecule has 3 rings (SSSR count). The van der Waals surface area contributed by atoms with Crippen LogP contribution < -0.4 is 14.2 Å². The quantitative estimate of drug-likeness (QED) is 0.944. The van der Waals surface area contributed by atoms with E-state index in [1.807, 2.05) is 0 Å². The third-order valence-corrected chi connectivity index (χ3v) is 3.35. The number of ether oxygens (including phenoxy) is 3. The number of methoxy groups -OCH3 is 1. The van der Waals surface area contributed by atoms with Crippen molar-refractivity contribution in [3.8, 4) is 28.4 Å². The molecule has 0 bridgehead atoms. The molecule has 1 aliphatic heterocycles. The molecule has 2 aromatic rings.